The molecule has 3 heterocycles. The minimum absolute atomic E-state index is 0.0500. The molecule has 40 heavy (non-hydrogen) atoms. The minimum atomic E-state index is -0.249. The lowest BCUT2D eigenvalue weighted by Gasteiger charge is -2.39. The van der Waals surface area contributed by atoms with E-state index in [1.807, 2.05) is 24.0 Å². The highest BCUT2D eigenvalue weighted by Gasteiger charge is 2.38. The Morgan fingerprint density at radius 1 is 1.05 bits per heavy atom. The molecule has 3 fully saturated rings. The number of hydrogen-bond acceptors (Lipinski definition) is 7. The summed E-state index contributed by atoms with van der Waals surface area (Å²) >= 11 is 7.04. The average molecular weight is 576 g/mol. The van der Waals surface area contributed by atoms with E-state index in [4.69, 9.17) is 12.2 Å². The number of benzene rings is 1. The molecule has 9 heteroatoms. The van der Waals surface area contributed by atoms with Crippen LogP contribution in [0, 0.1) is 18.3 Å². The molecule has 1 aromatic heterocycles. The first-order valence-electron chi connectivity index (χ1n) is 14.4. The van der Waals surface area contributed by atoms with Gasteiger partial charge in [0.1, 0.15) is 21.8 Å². The molecule has 2 saturated heterocycles. The van der Waals surface area contributed by atoms with E-state index in [1.165, 1.54) is 23.9 Å². The van der Waals surface area contributed by atoms with Gasteiger partial charge in [-0.3, -0.25) is 19.1 Å². The van der Waals surface area contributed by atoms with E-state index in [0.29, 0.717) is 21.3 Å². The van der Waals surface area contributed by atoms with E-state index in [0.717, 1.165) is 76.1 Å². The molecule has 1 aliphatic carbocycles. The van der Waals surface area contributed by atoms with Crippen LogP contribution >= 0.6 is 24.0 Å². The molecule has 7 nitrogen and oxygen atoms in total. The van der Waals surface area contributed by atoms with Crippen LogP contribution in [0.5, 0.6) is 0 Å². The summed E-state index contributed by atoms with van der Waals surface area (Å²) in [6.07, 6.45) is 9.07. The van der Waals surface area contributed by atoms with Gasteiger partial charge in [-0.25, -0.2) is 0 Å². The van der Waals surface area contributed by atoms with Crippen molar-refractivity contribution in [2.45, 2.75) is 71.4 Å². The first kappa shape index (κ1) is 28.4. The van der Waals surface area contributed by atoms with E-state index in [-0.39, 0.29) is 23.1 Å². The van der Waals surface area contributed by atoms with Crippen molar-refractivity contribution in [2.24, 2.45) is 0 Å². The normalized spacial score (nSPS) is 19.5. The number of piperazine rings is 1. The van der Waals surface area contributed by atoms with Gasteiger partial charge < -0.3 is 9.80 Å². The van der Waals surface area contributed by atoms with Crippen LogP contribution in [-0.2, 0) is 11.3 Å². The first-order chi connectivity index (χ1) is 19.4. The molecule has 5 rings (SSSR count). The number of rotatable bonds is 7. The molecule has 0 atom stereocenters. The van der Waals surface area contributed by atoms with Gasteiger partial charge in [0.05, 0.1) is 4.91 Å². The van der Waals surface area contributed by atoms with Crippen molar-refractivity contribution >= 4 is 51.8 Å². The number of nitrogens with zero attached hydrogens (tertiary/aromatic N) is 5. The lowest BCUT2D eigenvalue weighted by Crippen LogP contribution is -2.48. The van der Waals surface area contributed by atoms with Gasteiger partial charge in [0.25, 0.3) is 11.5 Å². The second-order valence-corrected chi connectivity index (χ2v) is 12.5. The molecule has 1 aromatic carbocycles. The third kappa shape index (κ3) is 5.57. The number of carbonyl (C=O) groups excluding carboxylic acids is 1. The van der Waals surface area contributed by atoms with E-state index < -0.39 is 0 Å². The van der Waals surface area contributed by atoms with Crippen LogP contribution < -0.4 is 15.4 Å². The van der Waals surface area contributed by atoms with Crippen LogP contribution in [0.1, 0.15) is 68.6 Å². The summed E-state index contributed by atoms with van der Waals surface area (Å²) in [6.45, 7) is 7.55. The third-order valence-corrected chi connectivity index (χ3v) is 9.65. The second kappa shape index (κ2) is 12.6. The molecule has 1 saturated carbocycles. The zero-order valence-corrected chi connectivity index (χ0v) is 25.0. The van der Waals surface area contributed by atoms with Gasteiger partial charge in [-0.1, -0.05) is 74.8 Å². The standard InChI is InChI=1S/C31H37N5O2S2/c1-3-4-15-35-28(34-18-16-33(17-19-34)23-11-7-5-8-12-23)25(22(2)26(21-32)29(35)37)20-27-30(38)36(31(39)40-27)24-13-9-6-10-14-24/h5,7-8,11-12,20,24H,3-4,6,9-10,13-19H2,1-2H3. The van der Waals surface area contributed by atoms with Crippen LogP contribution in [-0.4, -0.2) is 51.9 Å². The van der Waals surface area contributed by atoms with Gasteiger partial charge in [-0.05, 0) is 50.0 Å². The Bertz CT molecular complexity index is 1400. The molecule has 2 aliphatic heterocycles. The van der Waals surface area contributed by atoms with Gasteiger partial charge in [-0.2, -0.15) is 5.26 Å². The monoisotopic (exact) mass is 575 g/mol. The summed E-state index contributed by atoms with van der Waals surface area (Å²) in [5, 5.41) is 10.00. The molecule has 2 aromatic rings. The van der Waals surface area contributed by atoms with Crippen molar-refractivity contribution in [3.63, 3.8) is 0 Å². The quantitative estimate of drug-likeness (QED) is 0.310. The summed E-state index contributed by atoms with van der Waals surface area (Å²) < 4.78 is 2.39. The topological polar surface area (TPSA) is 72.6 Å². The van der Waals surface area contributed by atoms with Crippen LogP contribution in [0.25, 0.3) is 6.08 Å². The lowest BCUT2D eigenvalue weighted by molar-refractivity contribution is -0.124. The number of hydrogen-bond donors (Lipinski definition) is 0. The van der Waals surface area contributed by atoms with Gasteiger partial charge in [0, 0.05) is 50.0 Å². The number of unbranched alkanes of at least 4 members (excludes halogenated alkanes) is 1. The van der Waals surface area contributed by atoms with E-state index in [2.05, 4.69) is 47.1 Å². The Balaban J connectivity index is 1.56. The number of pyridine rings is 1. The fourth-order valence-electron chi connectivity index (χ4n) is 6.09. The molecule has 3 aliphatic rings. The third-order valence-electron chi connectivity index (χ3n) is 8.32. The number of anilines is 2. The van der Waals surface area contributed by atoms with E-state index in [1.54, 1.807) is 4.57 Å². The number of para-hydroxylation sites is 1. The maximum atomic E-state index is 13.7. The number of aromatic nitrogens is 1. The summed E-state index contributed by atoms with van der Waals surface area (Å²) in [5.74, 6) is 0.761. The highest BCUT2D eigenvalue weighted by atomic mass is 32.2. The van der Waals surface area contributed by atoms with Gasteiger partial charge in [0.2, 0.25) is 0 Å². The second-order valence-electron chi connectivity index (χ2n) is 10.8. The highest BCUT2D eigenvalue weighted by Crippen LogP contribution is 2.39. The number of carbonyl (C=O) groups is 1. The summed E-state index contributed by atoms with van der Waals surface area (Å²) in [7, 11) is 0. The van der Waals surface area contributed by atoms with E-state index in [9.17, 15) is 14.9 Å². The largest absolute Gasteiger partial charge is 0.368 e. The molecular formula is C31H37N5O2S2. The number of amides is 1. The van der Waals surface area contributed by atoms with Crippen molar-refractivity contribution in [1.82, 2.24) is 9.47 Å². The Hall–Kier alpha value is -3.09. The van der Waals surface area contributed by atoms with E-state index >= 15 is 0 Å². The predicted octanol–water partition coefficient (Wildman–Crippen LogP) is 5.69. The smallest absolute Gasteiger partial charge is 0.270 e. The molecule has 0 N–H and O–H groups in total. The van der Waals surface area contributed by atoms with Crippen molar-refractivity contribution < 1.29 is 4.79 Å². The average Bonchev–Trinajstić information content (AvgIpc) is 3.27. The number of thioether (sulfide) groups is 1. The SMILES string of the molecule is CCCCn1c(N2CCN(c3ccccc3)CC2)c(C=C2SC(=S)N(C3CCCCC3)C2=O)c(C)c(C#N)c1=O. The van der Waals surface area contributed by atoms with Gasteiger partial charge in [-0.15, -0.1) is 0 Å². The van der Waals surface area contributed by atoms with Crippen LogP contribution in [0.2, 0.25) is 0 Å². The van der Waals surface area contributed by atoms with Crippen molar-refractivity contribution in [3.05, 3.63) is 62.3 Å². The fourth-order valence-corrected chi connectivity index (χ4v) is 7.47. The Morgan fingerprint density at radius 2 is 1.73 bits per heavy atom. The molecule has 0 unspecified atom stereocenters. The molecule has 0 bridgehead atoms. The van der Waals surface area contributed by atoms with Crippen molar-refractivity contribution in [2.75, 3.05) is 36.0 Å². The Kier molecular flexibility index (Phi) is 8.97. The van der Waals surface area contributed by atoms with Crippen molar-refractivity contribution in [1.29, 1.82) is 5.26 Å². The highest BCUT2D eigenvalue weighted by molar-refractivity contribution is 8.26. The van der Waals surface area contributed by atoms with Gasteiger partial charge in [0.15, 0.2) is 0 Å². The minimum Gasteiger partial charge on any atom is -0.368 e. The van der Waals surface area contributed by atoms with Crippen molar-refractivity contribution in [3.8, 4) is 6.07 Å². The fraction of sp³-hybridized carbons (Fsp3) is 0.484. The molecule has 1 amide bonds. The number of nitriles is 1. The van der Waals surface area contributed by atoms with Crippen LogP contribution in [0.15, 0.2) is 40.0 Å². The predicted molar refractivity (Wildman–Crippen MR) is 168 cm³/mol. The molecular weight excluding hydrogens is 539 g/mol. The summed E-state index contributed by atoms with van der Waals surface area (Å²) in [6, 6.07) is 12.7. The zero-order chi connectivity index (χ0) is 28.2. The Morgan fingerprint density at radius 3 is 2.38 bits per heavy atom. The zero-order valence-electron chi connectivity index (χ0n) is 23.4. The Labute approximate surface area is 246 Å². The first-order valence-corrected chi connectivity index (χ1v) is 15.7. The lowest BCUT2D eigenvalue weighted by atomic mass is 9.94. The van der Waals surface area contributed by atoms with Gasteiger partial charge >= 0.3 is 0 Å². The number of thiocarbonyl (C=S) groups is 1. The van der Waals surface area contributed by atoms with Crippen LogP contribution in [0.4, 0.5) is 11.5 Å². The molecule has 0 radical (unpaired) electrons. The maximum Gasteiger partial charge on any atom is 0.270 e. The maximum absolute atomic E-state index is 13.7. The molecule has 210 valence electrons. The van der Waals surface area contributed by atoms with Crippen LogP contribution in [0.3, 0.4) is 0 Å². The summed E-state index contributed by atoms with van der Waals surface area (Å²) in [4.78, 5) is 34.3. The molecule has 0 spiro atoms. The summed E-state index contributed by atoms with van der Waals surface area (Å²) in [5.41, 5.74) is 2.50.